The molecule has 0 aromatic heterocycles. The summed E-state index contributed by atoms with van der Waals surface area (Å²) in [5.41, 5.74) is 3.45. The zero-order valence-corrected chi connectivity index (χ0v) is 18.3. The number of hydrogen-bond acceptors (Lipinski definition) is 8. The number of sulfonamides is 1. The van der Waals surface area contributed by atoms with Gasteiger partial charge in [-0.1, -0.05) is 12.1 Å². The summed E-state index contributed by atoms with van der Waals surface area (Å²) in [6.45, 7) is -0.514. The molecular weight excluding hydrogens is 426 g/mol. The van der Waals surface area contributed by atoms with Crippen LogP contribution in [0.4, 0.5) is 5.69 Å². The van der Waals surface area contributed by atoms with Gasteiger partial charge in [-0.25, -0.2) is 18.6 Å². The van der Waals surface area contributed by atoms with Gasteiger partial charge in [-0.3, -0.25) is 9.10 Å². The van der Waals surface area contributed by atoms with Crippen molar-refractivity contribution in [1.29, 1.82) is 0 Å². The minimum Gasteiger partial charge on any atom is -0.497 e. The van der Waals surface area contributed by atoms with E-state index < -0.39 is 28.4 Å². The zero-order chi connectivity index (χ0) is 23.0. The molecule has 0 aliphatic heterocycles. The molecule has 10 nitrogen and oxygen atoms in total. The van der Waals surface area contributed by atoms with E-state index in [1.165, 1.54) is 39.7 Å². The molecule has 31 heavy (non-hydrogen) atoms. The van der Waals surface area contributed by atoms with E-state index in [-0.39, 0.29) is 11.4 Å². The molecule has 1 amide bonds. The topological polar surface area (TPSA) is 124 Å². The number of hydrogen-bond donors (Lipinski definition) is 1. The highest BCUT2D eigenvalue weighted by Gasteiger charge is 2.24. The summed E-state index contributed by atoms with van der Waals surface area (Å²) in [6.07, 6.45) is 2.34. The fraction of sp³-hybridized carbons (Fsp3) is 0.250. The molecule has 2 aromatic carbocycles. The number of anilines is 1. The van der Waals surface area contributed by atoms with Crippen molar-refractivity contribution in [2.45, 2.75) is 0 Å². The molecule has 0 unspecified atom stereocenters. The second-order valence-corrected chi connectivity index (χ2v) is 8.12. The molecule has 0 atom stereocenters. The van der Waals surface area contributed by atoms with Crippen LogP contribution in [-0.2, 0) is 19.6 Å². The van der Waals surface area contributed by atoms with E-state index >= 15 is 0 Å². The second kappa shape index (κ2) is 10.4. The van der Waals surface area contributed by atoms with Crippen LogP contribution in [0.3, 0.4) is 0 Å². The molecule has 0 fully saturated rings. The third-order valence-electron chi connectivity index (χ3n) is 4.08. The van der Waals surface area contributed by atoms with Crippen LogP contribution in [-0.4, -0.2) is 60.6 Å². The lowest BCUT2D eigenvalue weighted by atomic mass is 10.1. The van der Waals surface area contributed by atoms with Crippen molar-refractivity contribution in [3.8, 4) is 11.5 Å². The van der Waals surface area contributed by atoms with Crippen LogP contribution in [0.1, 0.15) is 15.9 Å². The lowest BCUT2D eigenvalue weighted by Crippen LogP contribution is -2.39. The molecule has 1 N–H and O–H groups in total. The standard InChI is InChI=1S/C20H23N3O7S/c1-28-16-9-10-17(18(11-16)29-2)23(31(4,26)27)13-19(24)22-21-12-14-5-7-15(8-6-14)20(25)30-3/h5-12H,13H2,1-4H3,(H,22,24)/b21-12-. The van der Waals surface area contributed by atoms with E-state index in [1.54, 1.807) is 30.3 Å². The van der Waals surface area contributed by atoms with Crippen molar-refractivity contribution in [3.63, 3.8) is 0 Å². The largest absolute Gasteiger partial charge is 0.497 e. The minimum absolute atomic E-state index is 0.184. The first-order valence-electron chi connectivity index (χ1n) is 8.89. The molecule has 2 rings (SSSR count). The van der Waals surface area contributed by atoms with Crippen molar-refractivity contribution in [1.82, 2.24) is 5.43 Å². The van der Waals surface area contributed by atoms with Crippen LogP contribution in [0.2, 0.25) is 0 Å². The first kappa shape index (κ1) is 23.7. The number of methoxy groups -OCH3 is 3. The van der Waals surface area contributed by atoms with Gasteiger partial charge in [0.25, 0.3) is 5.91 Å². The maximum Gasteiger partial charge on any atom is 0.337 e. The quantitative estimate of drug-likeness (QED) is 0.349. The monoisotopic (exact) mass is 449 g/mol. The van der Waals surface area contributed by atoms with Crippen molar-refractivity contribution in [2.24, 2.45) is 5.10 Å². The van der Waals surface area contributed by atoms with Crippen molar-refractivity contribution >= 4 is 33.8 Å². The Balaban J connectivity index is 2.12. The van der Waals surface area contributed by atoms with Crippen LogP contribution in [0.15, 0.2) is 47.6 Å². The molecule has 0 saturated carbocycles. The fourth-order valence-electron chi connectivity index (χ4n) is 2.54. The van der Waals surface area contributed by atoms with E-state index in [0.29, 0.717) is 16.9 Å². The number of benzene rings is 2. The number of nitrogens with zero attached hydrogens (tertiary/aromatic N) is 2. The van der Waals surface area contributed by atoms with Gasteiger partial charge in [-0.15, -0.1) is 0 Å². The Kier molecular flexibility index (Phi) is 7.97. The van der Waals surface area contributed by atoms with E-state index in [4.69, 9.17) is 9.47 Å². The highest BCUT2D eigenvalue weighted by molar-refractivity contribution is 7.92. The first-order valence-corrected chi connectivity index (χ1v) is 10.7. The summed E-state index contributed by atoms with van der Waals surface area (Å²) in [6, 6.07) is 10.9. The number of nitrogens with one attached hydrogen (secondary N) is 1. The Morgan fingerprint density at radius 1 is 1.06 bits per heavy atom. The second-order valence-electron chi connectivity index (χ2n) is 6.21. The smallest absolute Gasteiger partial charge is 0.337 e. The predicted molar refractivity (Wildman–Crippen MR) is 115 cm³/mol. The number of hydrazone groups is 1. The van der Waals surface area contributed by atoms with E-state index in [9.17, 15) is 18.0 Å². The van der Waals surface area contributed by atoms with Gasteiger partial charge in [-0.2, -0.15) is 5.10 Å². The van der Waals surface area contributed by atoms with Gasteiger partial charge in [-0.05, 0) is 29.8 Å². The van der Waals surface area contributed by atoms with Gasteiger partial charge in [0.1, 0.15) is 18.0 Å². The fourth-order valence-corrected chi connectivity index (χ4v) is 3.40. The summed E-state index contributed by atoms with van der Waals surface area (Å²) in [7, 11) is 0.337. The average Bonchev–Trinajstić information content (AvgIpc) is 2.76. The molecule has 0 spiro atoms. The minimum atomic E-state index is -3.80. The molecule has 0 aliphatic carbocycles. The molecule has 0 radical (unpaired) electrons. The molecule has 0 aliphatic rings. The highest BCUT2D eigenvalue weighted by Crippen LogP contribution is 2.33. The summed E-state index contributed by atoms with van der Waals surface area (Å²) in [4.78, 5) is 23.7. The van der Waals surface area contributed by atoms with E-state index in [0.717, 1.165) is 10.6 Å². The van der Waals surface area contributed by atoms with Gasteiger partial charge in [0.05, 0.1) is 45.1 Å². The number of amides is 1. The molecule has 0 bridgehead atoms. The van der Waals surface area contributed by atoms with Gasteiger partial charge >= 0.3 is 5.97 Å². The lowest BCUT2D eigenvalue weighted by molar-refractivity contribution is -0.119. The summed E-state index contributed by atoms with van der Waals surface area (Å²) < 4.78 is 40.4. The molecular formula is C20H23N3O7S. The van der Waals surface area contributed by atoms with Crippen LogP contribution >= 0.6 is 0 Å². The Morgan fingerprint density at radius 3 is 2.29 bits per heavy atom. The van der Waals surface area contributed by atoms with Gasteiger partial charge in [0, 0.05) is 6.07 Å². The van der Waals surface area contributed by atoms with Gasteiger partial charge in [0.15, 0.2) is 0 Å². The van der Waals surface area contributed by atoms with Crippen LogP contribution in [0.5, 0.6) is 11.5 Å². The molecule has 0 saturated heterocycles. The van der Waals surface area contributed by atoms with E-state index in [1.807, 2.05) is 0 Å². The Hall–Kier alpha value is -3.60. The summed E-state index contributed by atoms with van der Waals surface area (Å²) >= 11 is 0. The number of ether oxygens (including phenoxy) is 3. The highest BCUT2D eigenvalue weighted by atomic mass is 32.2. The maximum absolute atomic E-state index is 12.3. The van der Waals surface area contributed by atoms with Crippen molar-refractivity contribution < 1.29 is 32.2 Å². The SMILES string of the molecule is COC(=O)c1ccc(/C=N\NC(=O)CN(c2ccc(OC)cc2OC)S(C)(=O)=O)cc1. The number of rotatable bonds is 9. The number of esters is 1. The molecule has 0 heterocycles. The van der Waals surface area contributed by atoms with Crippen molar-refractivity contribution in [3.05, 3.63) is 53.6 Å². The van der Waals surface area contributed by atoms with E-state index in [2.05, 4.69) is 15.3 Å². The third kappa shape index (κ3) is 6.44. The Morgan fingerprint density at radius 2 is 1.74 bits per heavy atom. The lowest BCUT2D eigenvalue weighted by Gasteiger charge is -2.23. The summed E-state index contributed by atoms with van der Waals surface area (Å²) in [5.74, 6) is -0.426. The average molecular weight is 449 g/mol. The Labute approximate surface area is 180 Å². The van der Waals surface area contributed by atoms with Crippen LogP contribution in [0, 0.1) is 0 Å². The van der Waals surface area contributed by atoms with Crippen LogP contribution < -0.4 is 19.2 Å². The number of carbonyl (C=O) groups is 2. The van der Waals surface area contributed by atoms with Crippen molar-refractivity contribution in [2.75, 3.05) is 38.4 Å². The maximum atomic E-state index is 12.3. The molecule has 11 heteroatoms. The van der Waals surface area contributed by atoms with Crippen LogP contribution in [0.25, 0.3) is 0 Å². The summed E-state index contributed by atoms with van der Waals surface area (Å²) in [5, 5.41) is 3.82. The molecule has 166 valence electrons. The normalized spacial score (nSPS) is 11.1. The van der Waals surface area contributed by atoms with Gasteiger partial charge < -0.3 is 14.2 Å². The molecule has 2 aromatic rings. The first-order chi connectivity index (χ1) is 14.7. The zero-order valence-electron chi connectivity index (χ0n) is 17.5. The Bertz CT molecular complexity index is 1070. The predicted octanol–water partition coefficient (Wildman–Crippen LogP) is 1.41. The van der Waals surface area contributed by atoms with Gasteiger partial charge in [0.2, 0.25) is 10.0 Å². The third-order valence-corrected chi connectivity index (χ3v) is 5.20. The number of carbonyl (C=O) groups excluding carboxylic acids is 2.